The van der Waals surface area contributed by atoms with Crippen LogP contribution < -0.4 is 4.74 Å². The van der Waals surface area contributed by atoms with Gasteiger partial charge in [-0.1, -0.05) is 24.3 Å². The van der Waals surface area contributed by atoms with E-state index in [-0.39, 0.29) is 6.42 Å². The standard InChI is InChI=1S/C18H22N2O8/c1-25-15-9-7-13(8-10-15)5-6-14-11-17(27-3,19(21)22)16(26-2)18(12-14,28-4)20(23)24/h5-11,16H,12H2,1-4H3/b6-5-. The zero-order valence-corrected chi connectivity index (χ0v) is 16.0. The molecule has 0 fully saturated rings. The maximum absolute atomic E-state index is 11.9. The fourth-order valence-corrected chi connectivity index (χ4v) is 3.28. The summed E-state index contributed by atoms with van der Waals surface area (Å²) in [6, 6.07) is 7.07. The molecule has 0 saturated carbocycles. The van der Waals surface area contributed by atoms with Crippen LogP contribution in [0, 0.1) is 20.2 Å². The Morgan fingerprint density at radius 2 is 1.64 bits per heavy atom. The van der Waals surface area contributed by atoms with Gasteiger partial charge in [0.15, 0.2) is 0 Å². The summed E-state index contributed by atoms with van der Waals surface area (Å²) in [5.41, 5.74) is -3.38. The minimum atomic E-state index is -2.28. The molecule has 0 amide bonds. The predicted octanol–water partition coefficient (Wildman–Crippen LogP) is 2.29. The molecule has 0 aromatic heterocycles. The van der Waals surface area contributed by atoms with Crippen molar-refractivity contribution in [3.8, 4) is 5.75 Å². The van der Waals surface area contributed by atoms with Gasteiger partial charge in [-0.05, 0) is 23.3 Å². The second kappa shape index (κ2) is 8.46. The van der Waals surface area contributed by atoms with Crippen LogP contribution >= 0.6 is 0 Å². The van der Waals surface area contributed by atoms with E-state index in [1.54, 1.807) is 43.5 Å². The third kappa shape index (κ3) is 3.61. The Bertz CT molecular complexity index is 791. The van der Waals surface area contributed by atoms with E-state index in [2.05, 4.69) is 0 Å². The number of allylic oxidation sites excluding steroid dienone is 1. The molecule has 0 heterocycles. The molecule has 0 saturated heterocycles. The summed E-state index contributed by atoms with van der Waals surface area (Å²) >= 11 is 0. The topological polar surface area (TPSA) is 123 Å². The summed E-state index contributed by atoms with van der Waals surface area (Å²) < 4.78 is 20.5. The highest BCUT2D eigenvalue weighted by atomic mass is 16.7. The fourth-order valence-electron chi connectivity index (χ4n) is 3.28. The maximum atomic E-state index is 11.9. The molecule has 0 N–H and O–H groups in total. The van der Waals surface area contributed by atoms with Crippen LogP contribution in [0.25, 0.3) is 6.08 Å². The van der Waals surface area contributed by atoms with Crippen molar-refractivity contribution in [1.82, 2.24) is 0 Å². The second-order valence-electron chi connectivity index (χ2n) is 6.14. The van der Waals surface area contributed by atoms with Crippen molar-refractivity contribution < 1.29 is 28.8 Å². The molecule has 0 bridgehead atoms. The molecule has 0 spiro atoms. The number of benzene rings is 1. The van der Waals surface area contributed by atoms with Crippen molar-refractivity contribution in [2.45, 2.75) is 24.0 Å². The molecule has 1 aromatic rings. The largest absolute Gasteiger partial charge is 0.497 e. The molecule has 152 valence electrons. The summed E-state index contributed by atoms with van der Waals surface area (Å²) in [6.45, 7) is 0. The smallest absolute Gasteiger partial charge is 0.381 e. The molecule has 1 aliphatic rings. The van der Waals surface area contributed by atoms with Crippen LogP contribution in [0.5, 0.6) is 5.75 Å². The lowest BCUT2D eigenvalue weighted by Gasteiger charge is -2.39. The van der Waals surface area contributed by atoms with E-state index in [0.717, 1.165) is 26.9 Å². The molecule has 1 aliphatic carbocycles. The first-order valence-electron chi connectivity index (χ1n) is 8.25. The van der Waals surface area contributed by atoms with Crippen molar-refractivity contribution in [3.63, 3.8) is 0 Å². The number of rotatable bonds is 8. The summed E-state index contributed by atoms with van der Waals surface area (Å²) in [5.74, 6) is 0.676. The lowest BCUT2D eigenvalue weighted by atomic mass is 9.82. The summed E-state index contributed by atoms with van der Waals surface area (Å²) in [5, 5.41) is 23.7. The van der Waals surface area contributed by atoms with Crippen LogP contribution in [0.15, 0.2) is 42.0 Å². The SMILES string of the molecule is COc1ccc(/C=C\C2=CC(OC)([N+](=O)[O-])C(OC)C(OC)([N+](=O)[O-])C2)cc1. The van der Waals surface area contributed by atoms with Crippen LogP contribution in [-0.2, 0) is 14.2 Å². The average Bonchev–Trinajstić information content (AvgIpc) is 2.71. The number of hydrogen-bond donors (Lipinski definition) is 0. The summed E-state index contributed by atoms with van der Waals surface area (Å²) in [4.78, 5) is 22.2. The maximum Gasteiger partial charge on any atom is 0.381 e. The van der Waals surface area contributed by atoms with Crippen molar-refractivity contribution in [2.24, 2.45) is 0 Å². The van der Waals surface area contributed by atoms with Gasteiger partial charge in [-0.25, -0.2) is 0 Å². The lowest BCUT2D eigenvalue weighted by Crippen LogP contribution is -2.67. The number of methoxy groups -OCH3 is 4. The molecule has 3 unspecified atom stereocenters. The third-order valence-corrected chi connectivity index (χ3v) is 4.75. The van der Waals surface area contributed by atoms with E-state index in [1.807, 2.05) is 0 Å². The zero-order valence-electron chi connectivity index (χ0n) is 16.0. The highest BCUT2D eigenvalue weighted by molar-refractivity contribution is 5.54. The molecular weight excluding hydrogens is 372 g/mol. The number of nitro groups is 2. The Hall–Kier alpha value is -2.82. The van der Waals surface area contributed by atoms with Gasteiger partial charge in [-0.15, -0.1) is 0 Å². The first-order valence-corrected chi connectivity index (χ1v) is 8.25. The van der Waals surface area contributed by atoms with Crippen molar-refractivity contribution in [1.29, 1.82) is 0 Å². The van der Waals surface area contributed by atoms with Gasteiger partial charge in [0.1, 0.15) is 5.75 Å². The highest BCUT2D eigenvalue weighted by Gasteiger charge is 2.70. The average molecular weight is 394 g/mol. The van der Waals surface area contributed by atoms with Crippen LogP contribution in [0.1, 0.15) is 12.0 Å². The Morgan fingerprint density at radius 1 is 1.00 bits per heavy atom. The Labute approximate surface area is 161 Å². The molecule has 0 aliphatic heterocycles. The van der Waals surface area contributed by atoms with Gasteiger partial charge in [0.2, 0.25) is 0 Å². The zero-order chi connectivity index (χ0) is 20.9. The van der Waals surface area contributed by atoms with E-state index >= 15 is 0 Å². The normalized spacial score (nSPS) is 27.4. The van der Waals surface area contributed by atoms with Crippen LogP contribution in [0.2, 0.25) is 0 Å². The Kier molecular flexibility index (Phi) is 6.49. The van der Waals surface area contributed by atoms with Crippen molar-refractivity contribution in [3.05, 3.63) is 67.8 Å². The molecular formula is C18H22N2O8. The van der Waals surface area contributed by atoms with Gasteiger partial charge in [-0.3, -0.25) is 20.2 Å². The quantitative estimate of drug-likeness (QED) is 0.374. The molecule has 0 radical (unpaired) electrons. The Morgan fingerprint density at radius 3 is 2.07 bits per heavy atom. The fraction of sp³-hybridized carbons (Fsp3) is 0.444. The molecule has 2 rings (SSSR count). The second-order valence-corrected chi connectivity index (χ2v) is 6.14. The van der Waals surface area contributed by atoms with Gasteiger partial charge in [0, 0.05) is 27.4 Å². The molecule has 10 heteroatoms. The minimum absolute atomic E-state index is 0.236. The summed E-state index contributed by atoms with van der Waals surface area (Å²) in [6.07, 6.45) is 2.63. The highest BCUT2D eigenvalue weighted by Crippen LogP contribution is 2.42. The van der Waals surface area contributed by atoms with Crippen molar-refractivity contribution in [2.75, 3.05) is 28.4 Å². The molecule has 28 heavy (non-hydrogen) atoms. The van der Waals surface area contributed by atoms with Gasteiger partial charge < -0.3 is 18.9 Å². The number of ether oxygens (including phenoxy) is 4. The van der Waals surface area contributed by atoms with Crippen LogP contribution in [0.3, 0.4) is 0 Å². The van der Waals surface area contributed by atoms with E-state index in [0.29, 0.717) is 11.3 Å². The van der Waals surface area contributed by atoms with Gasteiger partial charge in [-0.2, -0.15) is 0 Å². The van der Waals surface area contributed by atoms with Gasteiger partial charge in [0.25, 0.3) is 6.10 Å². The van der Waals surface area contributed by atoms with E-state index in [4.69, 9.17) is 18.9 Å². The van der Waals surface area contributed by atoms with Crippen LogP contribution in [-0.4, -0.2) is 55.8 Å². The van der Waals surface area contributed by atoms with E-state index < -0.39 is 27.4 Å². The van der Waals surface area contributed by atoms with Gasteiger partial charge in [0.05, 0.1) is 23.4 Å². The third-order valence-electron chi connectivity index (χ3n) is 4.75. The van der Waals surface area contributed by atoms with E-state index in [1.165, 1.54) is 6.08 Å². The minimum Gasteiger partial charge on any atom is -0.497 e. The first-order chi connectivity index (χ1) is 13.3. The Balaban J connectivity index is 2.53. The number of hydrogen-bond acceptors (Lipinski definition) is 8. The van der Waals surface area contributed by atoms with Crippen LogP contribution in [0.4, 0.5) is 0 Å². The number of nitrogens with zero attached hydrogens (tertiary/aromatic N) is 2. The predicted molar refractivity (Wildman–Crippen MR) is 99.0 cm³/mol. The lowest BCUT2D eigenvalue weighted by molar-refractivity contribution is -0.691. The molecule has 1 aromatic carbocycles. The summed E-state index contributed by atoms with van der Waals surface area (Å²) in [7, 11) is 4.91. The monoisotopic (exact) mass is 394 g/mol. The van der Waals surface area contributed by atoms with Crippen molar-refractivity contribution >= 4 is 6.08 Å². The first kappa shape index (κ1) is 21.5. The molecule has 3 atom stereocenters. The molecule has 10 nitrogen and oxygen atoms in total. The van der Waals surface area contributed by atoms with E-state index in [9.17, 15) is 20.2 Å². The van der Waals surface area contributed by atoms with Gasteiger partial charge >= 0.3 is 11.4 Å².